The summed E-state index contributed by atoms with van der Waals surface area (Å²) in [6.07, 6.45) is 3.19. The van der Waals surface area contributed by atoms with Gasteiger partial charge in [-0.15, -0.1) is 0 Å². The molecule has 1 aliphatic carbocycles. The third kappa shape index (κ3) is 4.05. The summed E-state index contributed by atoms with van der Waals surface area (Å²) in [6.45, 7) is 1.42. The predicted molar refractivity (Wildman–Crippen MR) is 76.9 cm³/mol. The fraction of sp³-hybridized carbons (Fsp3) is 0.462. The van der Waals surface area contributed by atoms with Crippen molar-refractivity contribution in [1.29, 1.82) is 0 Å². The summed E-state index contributed by atoms with van der Waals surface area (Å²) >= 11 is 8.37. The Bertz CT molecular complexity index is 400. The minimum Gasteiger partial charge on any atom is -0.393 e. The van der Waals surface area contributed by atoms with E-state index in [0.717, 1.165) is 17.5 Å². The normalized spacial score (nSPS) is 16.8. The molecule has 4 heteroatoms. The largest absolute Gasteiger partial charge is 0.393 e. The van der Waals surface area contributed by atoms with E-state index < -0.39 is 0 Å². The highest BCUT2D eigenvalue weighted by molar-refractivity contribution is 9.10. The third-order valence-electron chi connectivity index (χ3n) is 3.10. The monoisotopic (exact) mass is 313 g/mol. The fourth-order valence-electron chi connectivity index (χ4n) is 1.88. The minimum atomic E-state index is 0.251. The molecule has 2 N–H and O–H groups in total. The van der Waals surface area contributed by atoms with Crippen LogP contribution in [0.15, 0.2) is 28.7 Å². The third-order valence-corrected chi connectivity index (χ3v) is 3.77. The van der Waals surface area contributed by atoms with Gasteiger partial charge in [-0.1, -0.05) is 40.3 Å². The van der Waals surface area contributed by atoms with Gasteiger partial charge in [0.05, 0.1) is 18.2 Å². The molecule has 2 rings (SSSR count). The SMILES string of the molecule is NC(=S)CC1(COCc2ccc(Br)cc2)CC1. The van der Waals surface area contributed by atoms with Crippen LogP contribution < -0.4 is 5.73 Å². The van der Waals surface area contributed by atoms with Gasteiger partial charge in [0.1, 0.15) is 0 Å². The molecule has 1 saturated carbocycles. The maximum Gasteiger partial charge on any atom is 0.0733 e. The second kappa shape index (κ2) is 5.46. The van der Waals surface area contributed by atoms with Gasteiger partial charge in [-0.25, -0.2) is 0 Å². The van der Waals surface area contributed by atoms with Gasteiger partial charge >= 0.3 is 0 Å². The molecule has 0 bridgehead atoms. The van der Waals surface area contributed by atoms with Crippen molar-refractivity contribution in [3.63, 3.8) is 0 Å². The first kappa shape index (κ1) is 13.0. The van der Waals surface area contributed by atoms with E-state index in [1.807, 2.05) is 12.1 Å². The second-order valence-corrected chi connectivity index (χ2v) is 6.20. The maximum absolute atomic E-state index is 5.76. The molecule has 0 heterocycles. The van der Waals surface area contributed by atoms with Crippen LogP contribution in [0.5, 0.6) is 0 Å². The highest BCUT2D eigenvalue weighted by Crippen LogP contribution is 2.49. The lowest BCUT2D eigenvalue weighted by Gasteiger charge is -2.14. The summed E-state index contributed by atoms with van der Waals surface area (Å²) in [6, 6.07) is 8.19. The molecule has 1 aromatic rings. The average molecular weight is 314 g/mol. The quantitative estimate of drug-likeness (QED) is 0.817. The van der Waals surface area contributed by atoms with Crippen molar-refractivity contribution in [3.8, 4) is 0 Å². The van der Waals surface area contributed by atoms with Gasteiger partial charge in [-0.2, -0.15) is 0 Å². The Hall–Kier alpha value is -0.450. The van der Waals surface area contributed by atoms with Crippen molar-refractivity contribution in [1.82, 2.24) is 0 Å². The minimum absolute atomic E-state index is 0.251. The summed E-state index contributed by atoms with van der Waals surface area (Å²) < 4.78 is 6.85. The lowest BCUT2D eigenvalue weighted by molar-refractivity contribution is 0.0804. The lowest BCUT2D eigenvalue weighted by Crippen LogP contribution is -2.19. The van der Waals surface area contributed by atoms with E-state index in [1.165, 1.54) is 18.4 Å². The van der Waals surface area contributed by atoms with Crippen LogP contribution in [0.25, 0.3) is 0 Å². The molecular formula is C13H16BrNOS. The van der Waals surface area contributed by atoms with Crippen LogP contribution in [0, 0.1) is 5.41 Å². The van der Waals surface area contributed by atoms with E-state index in [9.17, 15) is 0 Å². The standard InChI is InChI=1S/C13H16BrNOS/c14-11-3-1-10(2-4-11)8-16-9-13(5-6-13)7-12(15)17/h1-4H,5-9H2,(H2,15,17). The number of ether oxygens (including phenoxy) is 1. The molecule has 1 fully saturated rings. The van der Waals surface area contributed by atoms with Gasteiger partial charge in [-0.05, 0) is 30.5 Å². The smallest absolute Gasteiger partial charge is 0.0733 e. The number of halogens is 1. The molecule has 1 aliphatic rings. The van der Waals surface area contributed by atoms with Crippen molar-refractivity contribution >= 4 is 33.1 Å². The highest BCUT2D eigenvalue weighted by Gasteiger charge is 2.43. The summed E-state index contributed by atoms with van der Waals surface area (Å²) in [5.74, 6) is 0. The molecule has 0 spiro atoms. The summed E-state index contributed by atoms with van der Waals surface area (Å²) in [5.41, 5.74) is 7.03. The van der Waals surface area contributed by atoms with Gasteiger partial charge < -0.3 is 10.5 Å². The van der Waals surface area contributed by atoms with Crippen molar-refractivity contribution in [3.05, 3.63) is 34.3 Å². The molecule has 0 saturated heterocycles. The highest BCUT2D eigenvalue weighted by atomic mass is 79.9. The van der Waals surface area contributed by atoms with Crippen LogP contribution in [-0.2, 0) is 11.3 Å². The maximum atomic E-state index is 5.76. The van der Waals surface area contributed by atoms with E-state index in [0.29, 0.717) is 11.6 Å². The van der Waals surface area contributed by atoms with Gasteiger partial charge in [0.15, 0.2) is 0 Å². The van der Waals surface area contributed by atoms with Gasteiger partial charge in [0, 0.05) is 16.3 Å². The molecule has 2 nitrogen and oxygen atoms in total. The summed E-state index contributed by atoms with van der Waals surface area (Å²) in [5, 5.41) is 0. The number of hydrogen-bond donors (Lipinski definition) is 1. The van der Waals surface area contributed by atoms with Crippen molar-refractivity contribution in [2.45, 2.75) is 25.9 Å². The van der Waals surface area contributed by atoms with E-state index in [-0.39, 0.29) is 5.41 Å². The van der Waals surface area contributed by atoms with E-state index >= 15 is 0 Å². The number of hydrogen-bond acceptors (Lipinski definition) is 2. The first-order valence-corrected chi connectivity index (χ1v) is 6.90. The molecule has 0 unspecified atom stereocenters. The number of thiocarbonyl (C=S) groups is 1. The number of rotatable bonds is 6. The Morgan fingerprint density at radius 3 is 2.53 bits per heavy atom. The Morgan fingerprint density at radius 2 is 2.00 bits per heavy atom. The summed E-state index contributed by atoms with van der Waals surface area (Å²) in [7, 11) is 0. The van der Waals surface area contributed by atoms with E-state index in [2.05, 4.69) is 28.1 Å². The van der Waals surface area contributed by atoms with E-state index in [4.69, 9.17) is 22.7 Å². The Labute approximate surface area is 116 Å². The van der Waals surface area contributed by atoms with Gasteiger partial charge in [0.25, 0.3) is 0 Å². The fourth-order valence-corrected chi connectivity index (χ4v) is 2.46. The van der Waals surface area contributed by atoms with Crippen LogP contribution >= 0.6 is 28.1 Å². The number of nitrogens with two attached hydrogens (primary N) is 1. The Balaban J connectivity index is 1.76. The van der Waals surface area contributed by atoms with Crippen LogP contribution in [-0.4, -0.2) is 11.6 Å². The Morgan fingerprint density at radius 1 is 1.35 bits per heavy atom. The van der Waals surface area contributed by atoms with Crippen molar-refractivity contribution in [2.75, 3.05) is 6.61 Å². The molecule has 0 radical (unpaired) electrons. The average Bonchev–Trinajstić information content (AvgIpc) is 3.00. The van der Waals surface area contributed by atoms with E-state index in [1.54, 1.807) is 0 Å². The van der Waals surface area contributed by atoms with Crippen LogP contribution in [0.2, 0.25) is 0 Å². The zero-order valence-corrected chi connectivity index (χ0v) is 12.0. The van der Waals surface area contributed by atoms with Gasteiger partial charge in [0.2, 0.25) is 0 Å². The molecule has 0 aliphatic heterocycles. The van der Waals surface area contributed by atoms with Crippen molar-refractivity contribution in [2.24, 2.45) is 11.1 Å². The predicted octanol–water partition coefficient (Wildman–Crippen LogP) is 3.42. The second-order valence-electron chi connectivity index (χ2n) is 4.76. The zero-order chi connectivity index (χ0) is 12.3. The topological polar surface area (TPSA) is 35.2 Å². The molecule has 0 amide bonds. The molecule has 92 valence electrons. The lowest BCUT2D eigenvalue weighted by atomic mass is 10.0. The van der Waals surface area contributed by atoms with Gasteiger partial charge in [-0.3, -0.25) is 0 Å². The summed E-state index contributed by atoms with van der Waals surface area (Å²) in [4.78, 5) is 0.606. The van der Waals surface area contributed by atoms with Crippen LogP contribution in [0.1, 0.15) is 24.8 Å². The molecule has 0 aromatic heterocycles. The molecule has 17 heavy (non-hydrogen) atoms. The molecule has 1 aromatic carbocycles. The first-order valence-electron chi connectivity index (χ1n) is 5.70. The van der Waals surface area contributed by atoms with Crippen molar-refractivity contribution < 1.29 is 4.74 Å². The number of benzene rings is 1. The molecular weight excluding hydrogens is 298 g/mol. The first-order chi connectivity index (χ1) is 8.10. The Kier molecular flexibility index (Phi) is 4.17. The molecule has 0 atom stereocenters. The van der Waals surface area contributed by atoms with Crippen LogP contribution in [0.3, 0.4) is 0 Å². The van der Waals surface area contributed by atoms with Crippen LogP contribution in [0.4, 0.5) is 0 Å². The zero-order valence-electron chi connectivity index (χ0n) is 9.62.